The average molecular weight is 605 g/mol. The van der Waals surface area contributed by atoms with Crippen LogP contribution in [0.1, 0.15) is 94.4 Å². The van der Waals surface area contributed by atoms with Crippen molar-refractivity contribution in [3.05, 3.63) is 64.6 Å². The number of nitrogens with zero attached hydrogens (tertiary/aromatic N) is 1. The molecular weight excluding hydrogens is 557 g/mol. The maximum atomic E-state index is 12.8. The number of hydrogen-bond donors (Lipinski definition) is 1. The molecule has 0 aliphatic rings. The molecule has 0 bridgehead atoms. The second kappa shape index (κ2) is 18.1. The summed E-state index contributed by atoms with van der Waals surface area (Å²) in [5.41, 5.74) is 2.97. The molecule has 7 nitrogen and oxygen atoms in total. The Morgan fingerprint density at radius 2 is 1.51 bits per heavy atom. The summed E-state index contributed by atoms with van der Waals surface area (Å²) in [5.74, 6) is 1.28. The van der Waals surface area contributed by atoms with Gasteiger partial charge in [0.05, 0.1) is 18.6 Å². The van der Waals surface area contributed by atoms with Crippen LogP contribution in [0.25, 0.3) is 0 Å². The van der Waals surface area contributed by atoms with Gasteiger partial charge in [-0.1, -0.05) is 101 Å². The Hall–Kier alpha value is -2.54. The largest absolute Gasteiger partial charge is 0.585 e. The smallest absolute Gasteiger partial charge is 0.493 e. The SMILES string of the molecule is CCCCCCCCCCCCCCOc1ccc(OP(=O)(O)Oc2cccc(C[n+]3csc(C)c3)c2)c(OC)c1. The Balaban J connectivity index is 1.38. The summed E-state index contributed by atoms with van der Waals surface area (Å²) in [6, 6.07) is 12.0. The summed E-state index contributed by atoms with van der Waals surface area (Å²) in [6.07, 6.45) is 17.6. The average Bonchev–Trinajstić information content (AvgIpc) is 3.35. The highest BCUT2D eigenvalue weighted by Gasteiger charge is 2.27. The molecule has 9 heteroatoms. The first kappa shape index (κ1) is 33.0. The minimum atomic E-state index is -4.47. The van der Waals surface area contributed by atoms with Crippen molar-refractivity contribution in [2.45, 2.75) is 97.4 Å². The summed E-state index contributed by atoms with van der Waals surface area (Å²) >= 11 is 1.66. The van der Waals surface area contributed by atoms with Gasteiger partial charge in [-0.25, -0.2) is 4.57 Å². The molecule has 2 aromatic carbocycles. The van der Waals surface area contributed by atoms with Crippen LogP contribution in [0, 0.1) is 6.92 Å². The van der Waals surface area contributed by atoms with E-state index in [1.165, 1.54) is 76.2 Å². The molecule has 0 spiro atoms. The molecule has 1 N–H and O–H groups in total. The van der Waals surface area contributed by atoms with Crippen LogP contribution < -0.4 is 23.1 Å². The first-order valence-electron chi connectivity index (χ1n) is 14.9. The predicted octanol–water partition coefficient (Wildman–Crippen LogP) is 9.04. The number of methoxy groups -OCH3 is 1. The molecule has 226 valence electrons. The molecule has 0 radical (unpaired) electrons. The van der Waals surface area contributed by atoms with Gasteiger partial charge >= 0.3 is 7.82 Å². The van der Waals surface area contributed by atoms with E-state index in [1.807, 2.05) is 18.5 Å². The fourth-order valence-electron chi connectivity index (χ4n) is 4.66. The Morgan fingerprint density at radius 3 is 2.15 bits per heavy atom. The highest BCUT2D eigenvalue weighted by molar-refractivity contribution is 7.48. The van der Waals surface area contributed by atoms with Crippen molar-refractivity contribution < 1.29 is 32.5 Å². The van der Waals surface area contributed by atoms with E-state index in [0.29, 0.717) is 24.7 Å². The van der Waals surface area contributed by atoms with Crippen LogP contribution in [0.5, 0.6) is 23.0 Å². The van der Waals surface area contributed by atoms with E-state index in [2.05, 4.69) is 17.7 Å². The lowest BCUT2D eigenvalue weighted by molar-refractivity contribution is -0.683. The molecule has 41 heavy (non-hydrogen) atoms. The van der Waals surface area contributed by atoms with Crippen LogP contribution in [0.15, 0.2) is 54.2 Å². The summed E-state index contributed by atoms with van der Waals surface area (Å²) < 4.78 is 36.9. The van der Waals surface area contributed by atoms with Gasteiger partial charge < -0.3 is 18.5 Å². The summed E-state index contributed by atoms with van der Waals surface area (Å²) in [6.45, 7) is 5.55. The Morgan fingerprint density at radius 1 is 0.829 bits per heavy atom. The number of thiazole rings is 1. The summed E-state index contributed by atoms with van der Waals surface area (Å²) in [5, 5.41) is 0. The third-order valence-electron chi connectivity index (χ3n) is 6.82. The van der Waals surface area contributed by atoms with E-state index in [1.54, 1.807) is 47.7 Å². The number of phosphoric acid groups is 1. The first-order valence-corrected chi connectivity index (χ1v) is 17.3. The monoisotopic (exact) mass is 604 g/mol. The Bertz CT molecular complexity index is 1220. The number of rotatable bonds is 21. The van der Waals surface area contributed by atoms with E-state index in [9.17, 15) is 9.46 Å². The van der Waals surface area contributed by atoms with Gasteiger partial charge in [0.2, 0.25) is 5.51 Å². The fourth-order valence-corrected chi connectivity index (χ4v) is 6.11. The van der Waals surface area contributed by atoms with Gasteiger partial charge in [0.25, 0.3) is 0 Å². The van der Waals surface area contributed by atoms with E-state index >= 15 is 0 Å². The predicted molar refractivity (Wildman–Crippen MR) is 165 cm³/mol. The van der Waals surface area contributed by atoms with Crippen LogP contribution in [0.2, 0.25) is 0 Å². The third-order valence-corrected chi connectivity index (χ3v) is 8.54. The maximum absolute atomic E-state index is 12.8. The molecule has 0 amide bonds. The zero-order valence-electron chi connectivity index (χ0n) is 24.9. The second-order valence-electron chi connectivity index (χ2n) is 10.5. The van der Waals surface area contributed by atoms with Gasteiger partial charge in [0, 0.05) is 11.6 Å². The standard InChI is InChI=1S/C32H46NO6PS/c1-4-5-6-7-8-9-10-11-12-13-14-15-21-37-29-19-20-31(32(23-29)36-3)39-40(34,35)38-30-18-16-17-28(22-30)25-33-24-27(2)41-26-33/h16-20,22-24,26H,4-15,21,25H2,1-3H3/p+1. The molecule has 0 saturated carbocycles. The number of ether oxygens (including phenoxy) is 2. The van der Waals surface area contributed by atoms with Crippen molar-refractivity contribution in [3.63, 3.8) is 0 Å². The zero-order chi connectivity index (χ0) is 29.3. The number of phosphoric ester groups is 1. The first-order chi connectivity index (χ1) is 19.9. The molecule has 0 fully saturated rings. The van der Waals surface area contributed by atoms with E-state index in [0.717, 1.165) is 18.4 Å². The molecule has 1 aromatic heterocycles. The lowest BCUT2D eigenvalue weighted by atomic mass is 10.1. The zero-order valence-corrected chi connectivity index (χ0v) is 26.6. The number of hydrogen-bond acceptors (Lipinski definition) is 6. The van der Waals surface area contributed by atoms with Crippen LogP contribution in [0.4, 0.5) is 0 Å². The minimum absolute atomic E-state index is 0.108. The molecule has 1 unspecified atom stereocenters. The fraction of sp³-hybridized carbons (Fsp3) is 0.531. The number of aromatic nitrogens is 1. The van der Waals surface area contributed by atoms with Crippen LogP contribution in [-0.4, -0.2) is 18.6 Å². The van der Waals surface area contributed by atoms with Crippen molar-refractivity contribution in [1.29, 1.82) is 0 Å². The molecule has 0 aliphatic heterocycles. The molecular formula is C32H47NO6PS+. The van der Waals surface area contributed by atoms with Crippen LogP contribution >= 0.6 is 19.2 Å². The molecule has 3 rings (SSSR count). The van der Waals surface area contributed by atoms with Crippen molar-refractivity contribution in [2.24, 2.45) is 0 Å². The molecule has 1 atom stereocenters. The van der Waals surface area contributed by atoms with Crippen molar-refractivity contribution in [1.82, 2.24) is 0 Å². The van der Waals surface area contributed by atoms with E-state index in [4.69, 9.17) is 18.5 Å². The van der Waals surface area contributed by atoms with Crippen LogP contribution in [0.3, 0.4) is 0 Å². The molecule has 0 saturated heterocycles. The molecule has 0 aliphatic carbocycles. The topological polar surface area (TPSA) is 78.1 Å². The van der Waals surface area contributed by atoms with Crippen LogP contribution in [-0.2, 0) is 11.1 Å². The maximum Gasteiger partial charge on any atom is 0.585 e. The molecule has 3 aromatic rings. The quantitative estimate of drug-likeness (QED) is 0.0743. The van der Waals surface area contributed by atoms with Gasteiger partial charge in [0.15, 0.2) is 24.2 Å². The lowest BCUT2D eigenvalue weighted by Gasteiger charge is -2.16. The number of unbranched alkanes of at least 4 members (excludes halogenated alkanes) is 11. The Labute approximate surface area is 250 Å². The van der Waals surface area contributed by atoms with E-state index in [-0.39, 0.29) is 11.5 Å². The summed E-state index contributed by atoms with van der Waals surface area (Å²) in [4.78, 5) is 11.7. The molecule has 1 heterocycles. The number of aryl methyl sites for hydroxylation is 1. The lowest BCUT2D eigenvalue weighted by Crippen LogP contribution is -2.30. The van der Waals surface area contributed by atoms with Gasteiger partial charge in [-0.05, 0) is 37.6 Å². The van der Waals surface area contributed by atoms with Gasteiger partial charge in [0.1, 0.15) is 11.5 Å². The number of benzene rings is 2. The van der Waals surface area contributed by atoms with Crippen molar-refractivity contribution >= 4 is 19.2 Å². The highest BCUT2D eigenvalue weighted by Crippen LogP contribution is 2.47. The van der Waals surface area contributed by atoms with Crippen molar-refractivity contribution in [3.8, 4) is 23.0 Å². The van der Waals surface area contributed by atoms with Gasteiger partial charge in [-0.3, -0.25) is 4.89 Å². The normalized spacial score (nSPS) is 12.6. The van der Waals surface area contributed by atoms with E-state index < -0.39 is 7.82 Å². The Kier molecular flexibility index (Phi) is 14.5. The minimum Gasteiger partial charge on any atom is -0.493 e. The highest BCUT2D eigenvalue weighted by atomic mass is 32.1. The third kappa shape index (κ3) is 12.9. The van der Waals surface area contributed by atoms with Crippen molar-refractivity contribution in [2.75, 3.05) is 13.7 Å². The second-order valence-corrected chi connectivity index (χ2v) is 12.9. The summed E-state index contributed by atoms with van der Waals surface area (Å²) in [7, 11) is -2.99. The van der Waals surface area contributed by atoms with Gasteiger partial charge in [-0.15, -0.1) is 0 Å². The van der Waals surface area contributed by atoms with Gasteiger partial charge in [-0.2, -0.15) is 4.57 Å².